The maximum atomic E-state index is 13.0. The van der Waals surface area contributed by atoms with Gasteiger partial charge < -0.3 is 10.4 Å². The van der Waals surface area contributed by atoms with Crippen molar-refractivity contribution in [2.75, 3.05) is 16.8 Å². The Balaban J connectivity index is 1.57. The minimum Gasteiger partial charge on any atom is -0.507 e. The topological polar surface area (TPSA) is 94.4 Å². The van der Waals surface area contributed by atoms with E-state index < -0.39 is 5.91 Å². The molecular formula is C23H17BrN4O3. The van der Waals surface area contributed by atoms with E-state index in [2.05, 4.69) is 31.4 Å². The summed E-state index contributed by atoms with van der Waals surface area (Å²) < 4.78 is 0.775. The molecule has 31 heavy (non-hydrogen) atoms. The third-order valence-corrected chi connectivity index (χ3v) is 5.09. The first-order valence-electron chi connectivity index (χ1n) is 9.38. The summed E-state index contributed by atoms with van der Waals surface area (Å²) in [6.45, 7) is -0.153. The van der Waals surface area contributed by atoms with Crippen LogP contribution in [0.5, 0.6) is 5.75 Å². The standard InChI is InChI=1S/C23H17BrN4O3/c24-16-10-11-20(29)15(12-16)13-25-27-22-18-8-4-5-9-19(18)28(23(22)31)14-21(30)26-17-6-2-1-3-7-17/h1-13,29H,14H2,(H,26,30)/b25-13-,27-22-. The molecule has 0 atom stereocenters. The van der Waals surface area contributed by atoms with E-state index in [0.717, 1.165) is 4.47 Å². The molecule has 154 valence electrons. The highest BCUT2D eigenvalue weighted by atomic mass is 79.9. The van der Waals surface area contributed by atoms with Gasteiger partial charge in [0, 0.05) is 21.3 Å². The van der Waals surface area contributed by atoms with Gasteiger partial charge in [-0.25, -0.2) is 0 Å². The molecule has 0 unspecified atom stereocenters. The zero-order valence-electron chi connectivity index (χ0n) is 16.2. The van der Waals surface area contributed by atoms with Crippen molar-refractivity contribution in [1.82, 2.24) is 0 Å². The molecule has 3 aromatic carbocycles. The summed E-state index contributed by atoms with van der Waals surface area (Å²) in [6.07, 6.45) is 1.37. The van der Waals surface area contributed by atoms with Crippen LogP contribution >= 0.6 is 15.9 Å². The maximum absolute atomic E-state index is 13.0. The highest BCUT2D eigenvalue weighted by Gasteiger charge is 2.35. The number of phenols is 1. The van der Waals surface area contributed by atoms with Gasteiger partial charge in [0.05, 0.1) is 11.9 Å². The summed E-state index contributed by atoms with van der Waals surface area (Å²) >= 11 is 3.33. The van der Waals surface area contributed by atoms with E-state index >= 15 is 0 Å². The molecular weight excluding hydrogens is 460 g/mol. The molecule has 2 N–H and O–H groups in total. The van der Waals surface area contributed by atoms with Crippen LogP contribution in [-0.4, -0.2) is 35.4 Å². The maximum Gasteiger partial charge on any atom is 0.279 e. The van der Waals surface area contributed by atoms with Gasteiger partial charge in [0.15, 0.2) is 5.71 Å². The van der Waals surface area contributed by atoms with E-state index in [9.17, 15) is 14.7 Å². The van der Waals surface area contributed by atoms with Crippen molar-refractivity contribution in [2.45, 2.75) is 0 Å². The number of amides is 2. The Labute approximate surface area is 186 Å². The first kappa shape index (κ1) is 20.5. The number of fused-ring (bicyclic) bond motifs is 1. The van der Waals surface area contributed by atoms with Crippen LogP contribution < -0.4 is 10.2 Å². The molecule has 0 aliphatic carbocycles. The SMILES string of the molecule is O=C(CN1C(=O)/C(=N\N=C/c2cc(Br)ccc2O)c2ccccc21)Nc1ccccc1. The highest BCUT2D eigenvalue weighted by Crippen LogP contribution is 2.29. The quantitative estimate of drug-likeness (QED) is 0.430. The lowest BCUT2D eigenvalue weighted by atomic mass is 10.1. The molecule has 7 nitrogen and oxygen atoms in total. The van der Waals surface area contributed by atoms with Crippen LogP contribution in [0, 0.1) is 0 Å². The number of benzene rings is 3. The van der Waals surface area contributed by atoms with E-state index in [1.165, 1.54) is 17.2 Å². The van der Waals surface area contributed by atoms with E-state index in [-0.39, 0.29) is 23.9 Å². The fourth-order valence-electron chi connectivity index (χ4n) is 3.16. The van der Waals surface area contributed by atoms with E-state index in [0.29, 0.717) is 22.5 Å². The molecule has 0 fully saturated rings. The Hall–Kier alpha value is -3.78. The third kappa shape index (κ3) is 4.54. The van der Waals surface area contributed by atoms with Gasteiger partial charge in [-0.2, -0.15) is 5.10 Å². The zero-order valence-corrected chi connectivity index (χ0v) is 17.8. The molecule has 0 spiro atoms. The molecule has 0 bridgehead atoms. The summed E-state index contributed by atoms with van der Waals surface area (Å²) in [5.74, 6) is -0.692. The lowest BCUT2D eigenvalue weighted by molar-refractivity contribution is -0.118. The Morgan fingerprint density at radius 3 is 2.61 bits per heavy atom. The van der Waals surface area contributed by atoms with Gasteiger partial charge in [0.1, 0.15) is 12.3 Å². The summed E-state index contributed by atoms with van der Waals surface area (Å²) in [5.41, 5.74) is 2.43. The second kappa shape index (κ2) is 8.93. The molecule has 0 saturated heterocycles. The van der Waals surface area contributed by atoms with Gasteiger partial charge in [0.2, 0.25) is 5.91 Å². The van der Waals surface area contributed by atoms with Crippen molar-refractivity contribution >= 4 is 51.0 Å². The van der Waals surface area contributed by atoms with Gasteiger partial charge in [-0.1, -0.05) is 52.3 Å². The number of hydrogen-bond acceptors (Lipinski definition) is 5. The van der Waals surface area contributed by atoms with Crippen molar-refractivity contribution in [3.05, 3.63) is 88.4 Å². The summed E-state index contributed by atoms with van der Waals surface area (Å²) in [6, 6.07) is 21.1. The van der Waals surface area contributed by atoms with E-state index in [4.69, 9.17) is 0 Å². The highest BCUT2D eigenvalue weighted by molar-refractivity contribution is 9.10. The zero-order chi connectivity index (χ0) is 21.8. The second-order valence-corrected chi connectivity index (χ2v) is 7.63. The predicted octanol–water partition coefficient (Wildman–Crippen LogP) is 3.96. The Morgan fingerprint density at radius 1 is 1.06 bits per heavy atom. The van der Waals surface area contributed by atoms with Crippen molar-refractivity contribution in [2.24, 2.45) is 10.2 Å². The largest absolute Gasteiger partial charge is 0.507 e. The molecule has 0 aromatic heterocycles. The fourth-order valence-corrected chi connectivity index (χ4v) is 3.54. The van der Waals surface area contributed by atoms with Crippen LogP contribution in [-0.2, 0) is 9.59 Å². The molecule has 3 aromatic rings. The molecule has 1 aliphatic heterocycles. The number of rotatable bonds is 5. The number of aromatic hydroxyl groups is 1. The van der Waals surface area contributed by atoms with Crippen molar-refractivity contribution < 1.29 is 14.7 Å². The average Bonchev–Trinajstić information content (AvgIpc) is 3.03. The normalized spacial score (nSPS) is 14.3. The number of carbonyl (C=O) groups excluding carboxylic acids is 2. The molecule has 0 radical (unpaired) electrons. The van der Waals surface area contributed by atoms with Gasteiger partial charge in [0.25, 0.3) is 5.91 Å². The van der Waals surface area contributed by atoms with E-state index in [1.807, 2.05) is 18.2 Å². The van der Waals surface area contributed by atoms with Crippen LogP contribution in [0.4, 0.5) is 11.4 Å². The van der Waals surface area contributed by atoms with Crippen LogP contribution in [0.3, 0.4) is 0 Å². The number of phenolic OH excluding ortho intramolecular Hbond substituents is 1. The Bertz CT molecular complexity index is 1210. The number of carbonyl (C=O) groups is 2. The minimum atomic E-state index is -0.417. The number of hydrogen-bond donors (Lipinski definition) is 2. The third-order valence-electron chi connectivity index (χ3n) is 4.60. The predicted molar refractivity (Wildman–Crippen MR) is 124 cm³/mol. The smallest absolute Gasteiger partial charge is 0.279 e. The summed E-state index contributed by atoms with van der Waals surface area (Å²) in [7, 11) is 0. The number of anilines is 2. The van der Waals surface area contributed by atoms with Crippen molar-refractivity contribution in [3.63, 3.8) is 0 Å². The first-order chi connectivity index (χ1) is 15.0. The Kier molecular flexibility index (Phi) is 5.90. The monoisotopic (exact) mass is 476 g/mol. The van der Waals surface area contributed by atoms with Crippen LogP contribution in [0.1, 0.15) is 11.1 Å². The van der Waals surface area contributed by atoms with Crippen LogP contribution in [0.2, 0.25) is 0 Å². The molecule has 0 saturated carbocycles. The van der Waals surface area contributed by atoms with Crippen LogP contribution in [0.25, 0.3) is 0 Å². The summed E-state index contributed by atoms with van der Waals surface area (Å²) in [4.78, 5) is 26.9. The van der Waals surface area contributed by atoms with Crippen LogP contribution in [0.15, 0.2) is 87.5 Å². The lowest BCUT2D eigenvalue weighted by Crippen LogP contribution is -2.37. The number of halogens is 1. The second-order valence-electron chi connectivity index (χ2n) is 6.72. The lowest BCUT2D eigenvalue weighted by Gasteiger charge is -2.16. The average molecular weight is 477 g/mol. The van der Waals surface area contributed by atoms with Gasteiger partial charge >= 0.3 is 0 Å². The molecule has 2 amide bonds. The van der Waals surface area contributed by atoms with Crippen molar-refractivity contribution in [3.8, 4) is 5.75 Å². The Morgan fingerprint density at radius 2 is 1.81 bits per heavy atom. The van der Waals surface area contributed by atoms with Gasteiger partial charge in [-0.05, 0) is 36.4 Å². The number of nitrogens with one attached hydrogen (secondary N) is 1. The molecule has 4 rings (SSSR count). The molecule has 1 aliphatic rings. The number of nitrogens with zero attached hydrogens (tertiary/aromatic N) is 3. The fraction of sp³-hybridized carbons (Fsp3) is 0.0435. The van der Waals surface area contributed by atoms with E-state index in [1.54, 1.807) is 48.5 Å². The molecule has 8 heteroatoms. The van der Waals surface area contributed by atoms with Crippen molar-refractivity contribution in [1.29, 1.82) is 0 Å². The van der Waals surface area contributed by atoms with Gasteiger partial charge in [-0.3, -0.25) is 14.5 Å². The number of para-hydroxylation sites is 2. The molecule has 1 heterocycles. The van der Waals surface area contributed by atoms with Gasteiger partial charge in [-0.15, -0.1) is 5.10 Å². The summed E-state index contributed by atoms with van der Waals surface area (Å²) in [5, 5.41) is 20.8. The first-order valence-corrected chi connectivity index (χ1v) is 10.2. The minimum absolute atomic E-state index is 0.0458.